The van der Waals surface area contributed by atoms with E-state index >= 15 is 0 Å². The van der Waals surface area contributed by atoms with Gasteiger partial charge in [-0.3, -0.25) is 9.97 Å². The van der Waals surface area contributed by atoms with Gasteiger partial charge in [-0.15, -0.1) is 0 Å². The quantitative estimate of drug-likeness (QED) is 0.277. The molecule has 39 heavy (non-hydrogen) atoms. The summed E-state index contributed by atoms with van der Waals surface area (Å²) >= 11 is 0. The zero-order valence-electron chi connectivity index (χ0n) is 20.9. The SMILES string of the molecule is c1ccc2c(c1)B(c1ccc3oc4ccc(-n5c6ccccc6c6ncccc65)cc4c3c1)c1cccnc1-2. The lowest BCUT2D eigenvalue weighted by Gasteiger charge is -2.10. The van der Waals surface area contributed by atoms with Crippen LogP contribution in [0.25, 0.3) is 60.8 Å². The lowest BCUT2D eigenvalue weighted by atomic mass is 9.39. The summed E-state index contributed by atoms with van der Waals surface area (Å²) in [6.07, 6.45) is 3.75. The predicted octanol–water partition coefficient (Wildman–Crippen LogP) is 5.97. The van der Waals surface area contributed by atoms with Crippen molar-refractivity contribution in [2.75, 3.05) is 0 Å². The average molecular weight is 497 g/mol. The highest BCUT2D eigenvalue weighted by Crippen LogP contribution is 2.34. The number of hydrogen-bond acceptors (Lipinski definition) is 3. The Morgan fingerprint density at radius 2 is 1.33 bits per heavy atom. The van der Waals surface area contributed by atoms with E-state index < -0.39 is 0 Å². The molecule has 4 aromatic carbocycles. The molecule has 8 aromatic rings. The van der Waals surface area contributed by atoms with E-state index in [0.29, 0.717) is 0 Å². The van der Waals surface area contributed by atoms with Crippen LogP contribution in [0.4, 0.5) is 0 Å². The molecule has 1 aliphatic rings. The van der Waals surface area contributed by atoms with Crippen molar-refractivity contribution in [2.24, 2.45) is 0 Å². The van der Waals surface area contributed by atoms with Crippen LogP contribution in [0.2, 0.25) is 0 Å². The summed E-state index contributed by atoms with van der Waals surface area (Å²) in [5.41, 5.74) is 12.2. The Morgan fingerprint density at radius 1 is 0.590 bits per heavy atom. The Bertz CT molecular complexity index is 2160. The summed E-state index contributed by atoms with van der Waals surface area (Å²) in [6, 6.07) is 38.6. The number of furan rings is 1. The van der Waals surface area contributed by atoms with Gasteiger partial charge in [0.25, 0.3) is 0 Å². The van der Waals surface area contributed by atoms with Gasteiger partial charge in [-0.2, -0.15) is 0 Å². The third kappa shape index (κ3) is 2.84. The van der Waals surface area contributed by atoms with Gasteiger partial charge in [0.1, 0.15) is 11.2 Å². The topological polar surface area (TPSA) is 43.9 Å². The fraction of sp³-hybridized carbons (Fsp3) is 0. The van der Waals surface area contributed by atoms with Crippen molar-refractivity contribution in [3.8, 4) is 16.9 Å². The standard InChI is InChI=1S/C34H20BN3O/c1-3-9-27-23(7-1)33-28(10-5-17-36-33)35(27)21-13-15-31-25(19-21)26-20-22(14-16-32(26)39-31)38-29-11-4-2-8-24(29)34-30(38)12-6-18-37-34/h1-20H. The molecule has 0 aliphatic carbocycles. The first kappa shape index (κ1) is 20.9. The summed E-state index contributed by atoms with van der Waals surface area (Å²) in [5.74, 6) is 0. The highest BCUT2D eigenvalue weighted by molar-refractivity contribution is 6.99. The van der Waals surface area contributed by atoms with E-state index in [4.69, 9.17) is 14.4 Å². The molecule has 4 nitrogen and oxygen atoms in total. The molecule has 0 radical (unpaired) electrons. The largest absolute Gasteiger partial charge is 0.456 e. The molecule has 4 aromatic heterocycles. The Labute approximate surface area is 224 Å². The lowest BCUT2D eigenvalue weighted by Crippen LogP contribution is -2.48. The second kappa shape index (κ2) is 7.68. The Morgan fingerprint density at radius 3 is 2.31 bits per heavy atom. The number of pyridine rings is 2. The van der Waals surface area contributed by atoms with E-state index in [-0.39, 0.29) is 6.71 Å². The monoisotopic (exact) mass is 497 g/mol. The van der Waals surface area contributed by atoms with E-state index in [2.05, 4.69) is 102 Å². The van der Waals surface area contributed by atoms with E-state index in [0.717, 1.165) is 55.3 Å². The van der Waals surface area contributed by atoms with Crippen molar-refractivity contribution in [3.63, 3.8) is 0 Å². The van der Waals surface area contributed by atoms with Crippen molar-refractivity contribution in [1.82, 2.24) is 14.5 Å². The van der Waals surface area contributed by atoms with Gasteiger partial charge >= 0.3 is 0 Å². The van der Waals surface area contributed by atoms with Crippen LogP contribution in [0.5, 0.6) is 0 Å². The maximum atomic E-state index is 6.32. The summed E-state index contributed by atoms with van der Waals surface area (Å²) in [4.78, 5) is 9.45. The first-order chi connectivity index (χ1) is 19.3. The van der Waals surface area contributed by atoms with Crippen LogP contribution < -0.4 is 16.4 Å². The molecule has 0 amide bonds. The first-order valence-corrected chi connectivity index (χ1v) is 13.2. The smallest absolute Gasteiger partial charge is 0.244 e. The normalized spacial score (nSPS) is 12.6. The van der Waals surface area contributed by atoms with Crippen LogP contribution in [0.3, 0.4) is 0 Å². The van der Waals surface area contributed by atoms with E-state index in [1.807, 2.05) is 24.5 Å². The third-order valence-corrected chi connectivity index (χ3v) is 8.17. The van der Waals surface area contributed by atoms with Crippen LogP contribution in [0, 0.1) is 0 Å². The van der Waals surface area contributed by atoms with Gasteiger partial charge in [0.05, 0.1) is 22.2 Å². The number of hydrogen-bond donors (Lipinski definition) is 0. The summed E-state index contributed by atoms with van der Waals surface area (Å²) < 4.78 is 8.62. The number of nitrogens with zero attached hydrogens (tertiary/aromatic N) is 3. The summed E-state index contributed by atoms with van der Waals surface area (Å²) in [6.45, 7) is 0.144. The molecule has 0 saturated carbocycles. The molecule has 0 bridgehead atoms. The van der Waals surface area contributed by atoms with Crippen LogP contribution in [-0.2, 0) is 0 Å². The van der Waals surface area contributed by atoms with E-state index in [1.54, 1.807) is 0 Å². The molecular formula is C34H20BN3O. The maximum absolute atomic E-state index is 6.32. The van der Waals surface area contributed by atoms with Gasteiger partial charge in [-0.05, 0) is 59.6 Å². The Hall–Kier alpha value is -5.16. The predicted molar refractivity (Wildman–Crippen MR) is 160 cm³/mol. The molecule has 1 aliphatic heterocycles. The van der Waals surface area contributed by atoms with Gasteiger partial charge in [-0.1, -0.05) is 71.6 Å². The van der Waals surface area contributed by atoms with Gasteiger partial charge in [-0.25, -0.2) is 0 Å². The second-order valence-electron chi connectivity index (χ2n) is 10.2. The van der Waals surface area contributed by atoms with Crippen LogP contribution in [0.15, 0.2) is 126 Å². The Kier molecular flexibility index (Phi) is 4.11. The fourth-order valence-electron chi connectivity index (χ4n) is 6.53. The number of rotatable bonds is 2. The van der Waals surface area contributed by atoms with Gasteiger partial charge in [0.2, 0.25) is 6.71 Å². The lowest BCUT2D eigenvalue weighted by molar-refractivity contribution is 0.669. The van der Waals surface area contributed by atoms with Crippen molar-refractivity contribution in [1.29, 1.82) is 0 Å². The minimum atomic E-state index is 0.144. The van der Waals surface area contributed by atoms with E-state index in [1.165, 1.54) is 22.0 Å². The summed E-state index contributed by atoms with van der Waals surface area (Å²) in [7, 11) is 0. The fourth-order valence-corrected chi connectivity index (χ4v) is 6.53. The zero-order chi connectivity index (χ0) is 25.5. The first-order valence-electron chi connectivity index (χ1n) is 13.2. The molecule has 5 heterocycles. The van der Waals surface area contributed by atoms with Crippen LogP contribution >= 0.6 is 0 Å². The van der Waals surface area contributed by atoms with Crippen molar-refractivity contribution < 1.29 is 4.42 Å². The van der Waals surface area contributed by atoms with Crippen molar-refractivity contribution in [2.45, 2.75) is 0 Å². The van der Waals surface area contributed by atoms with Crippen molar-refractivity contribution >= 4 is 67.0 Å². The second-order valence-corrected chi connectivity index (χ2v) is 10.2. The molecule has 9 rings (SSSR count). The van der Waals surface area contributed by atoms with Gasteiger partial charge in [0, 0.05) is 34.2 Å². The highest BCUT2D eigenvalue weighted by Gasteiger charge is 2.34. The Balaban J connectivity index is 1.28. The third-order valence-electron chi connectivity index (χ3n) is 8.17. The molecular weight excluding hydrogens is 477 g/mol. The van der Waals surface area contributed by atoms with E-state index in [9.17, 15) is 0 Å². The molecule has 0 atom stereocenters. The van der Waals surface area contributed by atoms with Crippen LogP contribution in [-0.4, -0.2) is 21.2 Å². The number of fused-ring (bicyclic) bond motifs is 9. The summed E-state index contributed by atoms with van der Waals surface area (Å²) in [5, 5.41) is 3.38. The number of para-hydroxylation sites is 1. The average Bonchev–Trinajstić information content (AvgIpc) is 3.64. The molecule has 0 spiro atoms. The molecule has 5 heteroatoms. The minimum Gasteiger partial charge on any atom is -0.456 e. The highest BCUT2D eigenvalue weighted by atomic mass is 16.3. The van der Waals surface area contributed by atoms with Gasteiger partial charge in [0.15, 0.2) is 0 Å². The number of benzene rings is 4. The molecule has 0 fully saturated rings. The molecule has 0 saturated heterocycles. The number of aromatic nitrogens is 3. The van der Waals surface area contributed by atoms with Crippen molar-refractivity contribution in [3.05, 3.63) is 122 Å². The molecule has 0 N–H and O–H groups in total. The van der Waals surface area contributed by atoms with Crippen LogP contribution in [0.1, 0.15) is 0 Å². The minimum absolute atomic E-state index is 0.144. The molecule has 0 unspecified atom stereocenters. The zero-order valence-corrected chi connectivity index (χ0v) is 20.9. The molecule has 180 valence electrons. The van der Waals surface area contributed by atoms with Gasteiger partial charge < -0.3 is 8.98 Å². The maximum Gasteiger partial charge on any atom is 0.244 e.